The highest BCUT2D eigenvalue weighted by molar-refractivity contribution is 7.92. The summed E-state index contributed by atoms with van der Waals surface area (Å²) in [7, 11) is -4.12. The topological polar surface area (TPSA) is 96.0 Å². The Labute approximate surface area is 238 Å². The summed E-state index contributed by atoms with van der Waals surface area (Å²) in [4.78, 5) is 28.6. The van der Waals surface area contributed by atoms with Crippen LogP contribution < -0.4 is 14.4 Å². The third kappa shape index (κ3) is 8.08. The van der Waals surface area contributed by atoms with Gasteiger partial charge in [-0.25, -0.2) is 8.42 Å². The second-order valence-corrected chi connectivity index (χ2v) is 11.2. The molecule has 3 aromatic carbocycles. The highest BCUT2D eigenvalue weighted by Crippen LogP contribution is 2.26. The first-order valence-electron chi connectivity index (χ1n) is 13.7. The van der Waals surface area contributed by atoms with Crippen LogP contribution in [-0.4, -0.2) is 57.4 Å². The van der Waals surface area contributed by atoms with Gasteiger partial charge in [0.25, 0.3) is 10.0 Å². The van der Waals surface area contributed by atoms with E-state index in [1.807, 2.05) is 51.1 Å². The summed E-state index contributed by atoms with van der Waals surface area (Å²) in [5.41, 5.74) is 1.38. The first-order chi connectivity index (χ1) is 19.3. The maximum atomic E-state index is 14.0. The minimum atomic E-state index is -4.12. The Bertz CT molecular complexity index is 1320. The van der Waals surface area contributed by atoms with Crippen LogP contribution in [0.1, 0.15) is 39.2 Å². The molecule has 0 unspecified atom stereocenters. The van der Waals surface area contributed by atoms with Gasteiger partial charge in [0.1, 0.15) is 18.3 Å². The van der Waals surface area contributed by atoms with Gasteiger partial charge >= 0.3 is 0 Å². The smallest absolute Gasteiger partial charge is 0.264 e. The van der Waals surface area contributed by atoms with E-state index in [4.69, 9.17) is 4.74 Å². The summed E-state index contributed by atoms with van der Waals surface area (Å²) in [5.74, 6) is -0.140. The molecule has 0 fully saturated rings. The molecule has 214 valence electrons. The van der Waals surface area contributed by atoms with Gasteiger partial charge in [0.2, 0.25) is 11.8 Å². The Morgan fingerprint density at radius 2 is 1.50 bits per heavy atom. The van der Waals surface area contributed by atoms with Gasteiger partial charge in [0, 0.05) is 13.1 Å². The number of ether oxygens (including phenoxy) is 1. The van der Waals surface area contributed by atoms with Crippen molar-refractivity contribution < 1.29 is 22.7 Å². The molecule has 1 atom stereocenters. The largest absolute Gasteiger partial charge is 0.494 e. The molecule has 0 spiro atoms. The maximum absolute atomic E-state index is 14.0. The number of nitrogens with one attached hydrogen (secondary N) is 1. The first-order valence-corrected chi connectivity index (χ1v) is 15.2. The summed E-state index contributed by atoms with van der Waals surface area (Å²) >= 11 is 0. The number of rotatable bonds is 15. The Hall–Kier alpha value is -3.85. The number of sulfonamides is 1. The summed E-state index contributed by atoms with van der Waals surface area (Å²) in [6.07, 6.45) is 1.69. The second kappa shape index (κ2) is 15.1. The highest BCUT2D eigenvalue weighted by atomic mass is 32.2. The molecule has 0 heterocycles. The first kappa shape index (κ1) is 30.7. The molecular weight excluding hydrogens is 526 g/mol. The predicted molar refractivity (Wildman–Crippen MR) is 158 cm³/mol. The average molecular weight is 566 g/mol. The van der Waals surface area contributed by atoms with Crippen LogP contribution in [0.3, 0.4) is 0 Å². The number of carbonyl (C=O) groups is 2. The fourth-order valence-corrected chi connectivity index (χ4v) is 5.80. The highest BCUT2D eigenvalue weighted by Gasteiger charge is 2.33. The van der Waals surface area contributed by atoms with Gasteiger partial charge in [-0.2, -0.15) is 0 Å². The summed E-state index contributed by atoms with van der Waals surface area (Å²) < 4.78 is 34.3. The Morgan fingerprint density at radius 3 is 2.08 bits per heavy atom. The zero-order valence-electron chi connectivity index (χ0n) is 23.5. The van der Waals surface area contributed by atoms with Crippen molar-refractivity contribution in [2.45, 2.75) is 51.0 Å². The zero-order chi connectivity index (χ0) is 29.0. The number of anilines is 1. The van der Waals surface area contributed by atoms with Crippen LogP contribution in [0.2, 0.25) is 0 Å². The molecule has 8 nitrogen and oxygen atoms in total. The van der Waals surface area contributed by atoms with Crippen molar-refractivity contribution >= 4 is 27.5 Å². The Balaban J connectivity index is 1.96. The third-order valence-corrected chi connectivity index (χ3v) is 8.25. The van der Waals surface area contributed by atoms with Crippen molar-refractivity contribution in [2.24, 2.45) is 0 Å². The predicted octanol–water partition coefficient (Wildman–Crippen LogP) is 4.66. The molecule has 0 aliphatic carbocycles. The van der Waals surface area contributed by atoms with Crippen molar-refractivity contribution in [1.82, 2.24) is 10.2 Å². The van der Waals surface area contributed by atoms with E-state index < -0.39 is 28.5 Å². The molecule has 0 aliphatic rings. The standard InChI is InChI=1S/C31H39N3O5S/c1-4-22-32-31(36)29(5-2)33(23-21-25-13-9-7-10-14-25)30(35)24-34(26-15-11-8-12-16-26)40(37,38)28-19-17-27(18-20-28)39-6-3/h7-20,29H,4-6,21-24H2,1-3H3,(H,32,36)/t29-/m0/s1. The van der Waals surface area contributed by atoms with Crippen LogP contribution in [0, 0.1) is 0 Å². The van der Waals surface area contributed by atoms with Crippen molar-refractivity contribution in [3.63, 3.8) is 0 Å². The van der Waals surface area contributed by atoms with E-state index in [9.17, 15) is 18.0 Å². The maximum Gasteiger partial charge on any atom is 0.264 e. The zero-order valence-corrected chi connectivity index (χ0v) is 24.3. The minimum Gasteiger partial charge on any atom is -0.494 e. The van der Waals surface area contributed by atoms with Crippen molar-refractivity contribution in [3.05, 3.63) is 90.5 Å². The number of hydrogen-bond donors (Lipinski definition) is 1. The molecule has 0 aliphatic heterocycles. The second-order valence-electron chi connectivity index (χ2n) is 9.29. The van der Waals surface area contributed by atoms with E-state index in [2.05, 4.69) is 5.32 Å². The molecule has 9 heteroatoms. The molecule has 40 heavy (non-hydrogen) atoms. The lowest BCUT2D eigenvalue weighted by atomic mass is 10.1. The summed E-state index contributed by atoms with van der Waals surface area (Å²) in [6.45, 7) is 6.44. The van der Waals surface area contributed by atoms with Crippen LogP contribution in [0.5, 0.6) is 5.75 Å². The van der Waals surface area contributed by atoms with E-state index in [-0.39, 0.29) is 17.3 Å². The number of amides is 2. The van der Waals surface area contributed by atoms with Gasteiger partial charge < -0.3 is 15.0 Å². The number of carbonyl (C=O) groups excluding carboxylic acids is 2. The SMILES string of the molecule is CCCNC(=O)[C@H](CC)N(CCc1ccccc1)C(=O)CN(c1ccccc1)S(=O)(=O)c1ccc(OCC)cc1. The number of hydrogen-bond acceptors (Lipinski definition) is 5. The average Bonchev–Trinajstić information content (AvgIpc) is 2.98. The molecule has 3 rings (SSSR count). The van der Waals surface area contributed by atoms with E-state index in [1.165, 1.54) is 17.0 Å². The van der Waals surface area contributed by atoms with Crippen molar-refractivity contribution in [3.8, 4) is 5.75 Å². The lowest BCUT2D eigenvalue weighted by molar-refractivity contribution is -0.139. The van der Waals surface area contributed by atoms with E-state index in [0.717, 1.165) is 16.3 Å². The summed E-state index contributed by atoms with van der Waals surface area (Å²) in [5, 5.41) is 2.90. The van der Waals surface area contributed by atoms with Gasteiger partial charge in [0.05, 0.1) is 17.2 Å². The normalized spacial score (nSPS) is 11.9. The summed E-state index contributed by atoms with van der Waals surface area (Å²) in [6, 6.07) is 23.6. The number of para-hydroxylation sites is 1. The van der Waals surface area contributed by atoms with Crippen LogP contribution >= 0.6 is 0 Å². The molecule has 1 N–H and O–H groups in total. The Kier molecular flexibility index (Phi) is 11.6. The van der Waals surface area contributed by atoms with Crippen LogP contribution in [0.15, 0.2) is 89.8 Å². The quantitative estimate of drug-likeness (QED) is 0.289. The molecule has 0 radical (unpaired) electrons. The molecule has 0 bridgehead atoms. The van der Waals surface area contributed by atoms with Crippen LogP contribution in [0.25, 0.3) is 0 Å². The number of benzene rings is 3. The lowest BCUT2D eigenvalue weighted by Gasteiger charge is -2.33. The third-order valence-electron chi connectivity index (χ3n) is 6.47. The monoisotopic (exact) mass is 565 g/mol. The van der Waals surface area contributed by atoms with E-state index >= 15 is 0 Å². The van der Waals surface area contributed by atoms with Crippen LogP contribution in [-0.2, 0) is 26.0 Å². The lowest BCUT2D eigenvalue weighted by Crippen LogP contribution is -2.53. The van der Waals surface area contributed by atoms with Crippen LogP contribution in [0.4, 0.5) is 5.69 Å². The van der Waals surface area contributed by atoms with Gasteiger partial charge in [-0.15, -0.1) is 0 Å². The van der Waals surface area contributed by atoms with Crippen molar-refractivity contribution in [1.29, 1.82) is 0 Å². The molecule has 3 aromatic rings. The minimum absolute atomic E-state index is 0.0381. The molecular formula is C31H39N3O5S. The van der Waals surface area contributed by atoms with Crippen molar-refractivity contribution in [2.75, 3.05) is 30.5 Å². The molecule has 2 amide bonds. The molecule has 0 saturated heterocycles. The van der Waals surface area contributed by atoms with E-state index in [0.29, 0.717) is 37.4 Å². The Morgan fingerprint density at radius 1 is 0.875 bits per heavy atom. The molecule has 0 saturated carbocycles. The molecule has 0 aromatic heterocycles. The fraction of sp³-hybridized carbons (Fsp3) is 0.355. The van der Waals surface area contributed by atoms with Gasteiger partial charge in [-0.1, -0.05) is 62.4 Å². The fourth-order valence-electron chi connectivity index (χ4n) is 4.39. The number of nitrogens with zero attached hydrogens (tertiary/aromatic N) is 2. The van der Waals surface area contributed by atoms with E-state index in [1.54, 1.807) is 42.5 Å². The van der Waals surface area contributed by atoms with Gasteiger partial charge in [0.15, 0.2) is 0 Å². The van der Waals surface area contributed by atoms with Gasteiger partial charge in [-0.3, -0.25) is 13.9 Å². The van der Waals surface area contributed by atoms with Gasteiger partial charge in [-0.05, 0) is 68.1 Å².